The number of benzene rings is 1. The van der Waals surface area contributed by atoms with Crippen LogP contribution in [0.25, 0.3) is 0 Å². The molecule has 27 heavy (non-hydrogen) atoms. The fourth-order valence-electron chi connectivity index (χ4n) is 3.15. The largest absolute Gasteiger partial charge is 0.481 e. The lowest BCUT2D eigenvalue weighted by molar-refractivity contribution is -0.138. The zero-order chi connectivity index (χ0) is 19.6. The van der Waals surface area contributed by atoms with Gasteiger partial charge in [-0.2, -0.15) is 0 Å². The maximum atomic E-state index is 13.1. The van der Waals surface area contributed by atoms with Gasteiger partial charge in [-0.15, -0.1) is 0 Å². The van der Waals surface area contributed by atoms with E-state index in [2.05, 4.69) is 10.6 Å². The Kier molecular flexibility index (Phi) is 8.03. The van der Waals surface area contributed by atoms with Gasteiger partial charge in [0.25, 0.3) is 0 Å². The lowest BCUT2D eigenvalue weighted by Crippen LogP contribution is -2.44. The van der Waals surface area contributed by atoms with Gasteiger partial charge in [0, 0.05) is 38.2 Å². The molecule has 1 heterocycles. The third-order valence-electron chi connectivity index (χ3n) is 4.54. The van der Waals surface area contributed by atoms with E-state index < -0.39 is 17.8 Å². The minimum atomic E-state index is -0.844. The number of aliphatic carboxylic acids is 1. The molecule has 0 saturated carbocycles. The van der Waals surface area contributed by atoms with Gasteiger partial charge in [-0.05, 0) is 49.8 Å². The molecule has 0 bridgehead atoms. The van der Waals surface area contributed by atoms with E-state index in [1.54, 1.807) is 11.0 Å². The third-order valence-corrected chi connectivity index (χ3v) is 4.54. The van der Waals surface area contributed by atoms with Crippen LogP contribution in [0.2, 0.25) is 0 Å². The molecule has 0 aliphatic carbocycles. The van der Waals surface area contributed by atoms with E-state index in [0.717, 1.165) is 12.8 Å². The zero-order valence-corrected chi connectivity index (χ0v) is 15.2. The molecular weight excluding hydrogens is 353 g/mol. The van der Waals surface area contributed by atoms with E-state index in [1.807, 2.05) is 0 Å². The second-order valence-corrected chi connectivity index (χ2v) is 6.79. The summed E-state index contributed by atoms with van der Waals surface area (Å²) in [5, 5.41) is 14.0. The first-order valence-electron chi connectivity index (χ1n) is 9.24. The molecule has 1 saturated heterocycles. The molecule has 0 spiro atoms. The predicted molar refractivity (Wildman–Crippen MR) is 98.8 cm³/mol. The zero-order valence-electron chi connectivity index (χ0n) is 15.2. The molecule has 1 aromatic carbocycles. The number of hydrogen-bond donors (Lipinski definition) is 3. The van der Waals surface area contributed by atoms with E-state index in [-0.39, 0.29) is 18.2 Å². The number of likely N-dealkylation sites (tertiary alicyclic amines) is 1. The van der Waals surface area contributed by atoms with Gasteiger partial charge in [-0.1, -0.05) is 6.07 Å². The lowest BCUT2D eigenvalue weighted by Gasteiger charge is -2.33. The van der Waals surface area contributed by atoms with Crippen molar-refractivity contribution in [1.29, 1.82) is 0 Å². The van der Waals surface area contributed by atoms with E-state index in [9.17, 15) is 18.8 Å². The Morgan fingerprint density at radius 3 is 2.74 bits per heavy atom. The summed E-state index contributed by atoms with van der Waals surface area (Å²) in [6.45, 7) is 1.71. The van der Waals surface area contributed by atoms with E-state index in [4.69, 9.17) is 5.11 Å². The number of unbranched alkanes of at least 4 members (excludes halogenated alkanes) is 1. The first-order chi connectivity index (χ1) is 12.9. The molecular formula is C19H26FN3O4. The Bertz CT molecular complexity index is 668. The van der Waals surface area contributed by atoms with Gasteiger partial charge in [0.15, 0.2) is 0 Å². The number of carboxylic acids is 1. The number of rotatable bonds is 8. The average Bonchev–Trinajstić information content (AvgIpc) is 2.63. The normalized spacial score (nSPS) is 16.6. The minimum absolute atomic E-state index is 0.0364. The Morgan fingerprint density at radius 1 is 1.22 bits per heavy atom. The van der Waals surface area contributed by atoms with Crippen LogP contribution >= 0.6 is 0 Å². The standard InChI is InChI=1S/C19H26FN3O4/c20-15-6-3-7-16(11-15)22-19(27)21-12-14-5-4-10-23(13-14)17(24)8-1-2-9-18(25)26/h3,6-7,11,14H,1-2,4-5,8-10,12-13H2,(H,25,26)(H2,21,22,27). The van der Waals surface area contributed by atoms with Crippen LogP contribution in [-0.4, -0.2) is 47.5 Å². The highest BCUT2D eigenvalue weighted by molar-refractivity contribution is 5.89. The summed E-state index contributed by atoms with van der Waals surface area (Å²) in [4.78, 5) is 36.5. The number of hydrogen-bond acceptors (Lipinski definition) is 3. The van der Waals surface area contributed by atoms with Gasteiger partial charge in [0.05, 0.1) is 0 Å². The van der Waals surface area contributed by atoms with Gasteiger partial charge in [0.1, 0.15) is 5.82 Å². The number of halogens is 1. The van der Waals surface area contributed by atoms with Gasteiger partial charge < -0.3 is 20.6 Å². The number of carbonyl (C=O) groups excluding carboxylic acids is 2. The van der Waals surface area contributed by atoms with E-state index in [0.29, 0.717) is 44.6 Å². The summed E-state index contributed by atoms with van der Waals surface area (Å²) < 4.78 is 13.1. The van der Waals surface area contributed by atoms with Crippen molar-refractivity contribution in [2.75, 3.05) is 25.0 Å². The maximum absolute atomic E-state index is 13.1. The van der Waals surface area contributed by atoms with Crippen LogP contribution in [0.1, 0.15) is 38.5 Å². The Balaban J connectivity index is 1.70. The fourth-order valence-corrected chi connectivity index (χ4v) is 3.15. The Hall–Kier alpha value is -2.64. The Labute approximate surface area is 157 Å². The summed E-state index contributed by atoms with van der Waals surface area (Å²) >= 11 is 0. The molecule has 1 aliphatic rings. The molecule has 1 fully saturated rings. The van der Waals surface area contributed by atoms with Crippen molar-refractivity contribution in [3.63, 3.8) is 0 Å². The molecule has 1 aliphatic heterocycles. The number of urea groups is 1. The molecule has 2 rings (SSSR count). The number of nitrogens with zero attached hydrogens (tertiary/aromatic N) is 1. The van der Waals surface area contributed by atoms with E-state index in [1.165, 1.54) is 18.2 Å². The van der Waals surface area contributed by atoms with Crippen molar-refractivity contribution in [3.8, 4) is 0 Å². The fraction of sp³-hybridized carbons (Fsp3) is 0.526. The van der Waals surface area contributed by atoms with Crippen LogP contribution in [-0.2, 0) is 9.59 Å². The number of carbonyl (C=O) groups is 3. The van der Waals surface area contributed by atoms with Crippen LogP contribution in [0.15, 0.2) is 24.3 Å². The number of nitrogens with one attached hydrogen (secondary N) is 2. The second kappa shape index (κ2) is 10.5. The van der Waals surface area contributed by atoms with Crippen molar-refractivity contribution in [2.24, 2.45) is 5.92 Å². The molecule has 148 valence electrons. The monoisotopic (exact) mass is 379 g/mol. The average molecular weight is 379 g/mol. The predicted octanol–water partition coefficient (Wildman–Crippen LogP) is 2.83. The maximum Gasteiger partial charge on any atom is 0.319 e. The van der Waals surface area contributed by atoms with Crippen LogP contribution in [0.5, 0.6) is 0 Å². The Morgan fingerprint density at radius 2 is 2.00 bits per heavy atom. The minimum Gasteiger partial charge on any atom is -0.481 e. The first-order valence-corrected chi connectivity index (χ1v) is 9.24. The third kappa shape index (κ3) is 7.64. The van der Waals surface area contributed by atoms with Crippen LogP contribution in [0, 0.1) is 11.7 Å². The summed E-state index contributed by atoms with van der Waals surface area (Å²) in [6, 6.07) is 5.27. The molecule has 3 amide bonds. The van der Waals surface area contributed by atoms with Crippen molar-refractivity contribution in [2.45, 2.75) is 38.5 Å². The summed E-state index contributed by atoms with van der Waals surface area (Å²) in [7, 11) is 0. The highest BCUT2D eigenvalue weighted by Gasteiger charge is 2.23. The number of anilines is 1. The van der Waals surface area contributed by atoms with Crippen molar-refractivity contribution >= 4 is 23.6 Å². The van der Waals surface area contributed by atoms with Gasteiger partial charge >= 0.3 is 12.0 Å². The van der Waals surface area contributed by atoms with Crippen LogP contribution in [0.4, 0.5) is 14.9 Å². The molecule has 7 nitrogen and oxygen atoms in total. The first kappa shape index (κ1) is 20.7. The molecule has 1 aromatic rings. The van der Waals surface area contributed by atoms with Gasteiger partial charge in [-0.3, -0.25) is 9.59 Å². The number of carboxylic acid groups (broad SMARTS) is 1. The molecule has 1 atom stereocenters. The van der Waals surface area contributed by atoms with Crippen molar-refractivity contribution in [1.82, 2.24) is 10.2 Å². The number of amides is 3. The molecule has 1 unspecified atom stereocenters. The summed E-state index contributed by atoms with van der Waals surface area (Å²) in [6.07, 6.45) is 3.30. The van der Waals surface area contributed by atoms with E-state index >= 15 is 0 Å². The van der Waals surface area contributed by atoms with Gasteiger partial charge in [-0.25, -0.2) is 9.18 Å². The molecule has 0 aromatic heterocycles. The summed E-state index contributed by atoms with van der Waals surface area (Å²) in [5.41, 5.74) is 0.384. The molecule has 3 N–H and O–H groups in total. The van der Waals surface area contributed by atoms with Crippen LogP contribution < -0.4 is 10.6 Å². The second-order valence-electron chi connectivity index (χ2n) is 6.79. The highest BCUT2D eigenvalue weighted by atomic mass is 19.1. The van der Waals surface area contributed by atoms with Crippen molar-refractivity contribution in [3.05, 3.63) is 30.1 Å². The summed E-state index contributed by atoms with van der Waals surface area (Å²) in [5.74, 6) is -1.06. The van der Waals surface area contributed by atoms with Crippen molar-refractivity contribution < 1.29 is 23.9 Å². The number of piperidine rings is 1. The quantitative estimate of drug-likeness (QED) is 0.605. The highest BCUT2D eigenvalue weighted by Crippen LogP contribution is 2.17. The van der Waals surface area contributed by atoms with Gasteiger partial charge in [0.2, 0.25) is 5.91 Å². The topological polar surface area (TPSA) is 98.7 Å². The van der Waals surface area contributed by atoms with Crippen LogP contribution in [0.3, 0.4) is 0 Å². The lowest BCUT2D eigenvalue weighted by atomic mass is 9.97. The SMILES string of the molecule is O=C(O)CCCCC(=O)N1CCCC(CNC(=O)Nc2cccc(F)c2)C1. The molecule has 0 radical (unpaired) electrons. The molecule has 8 heteroatoms. The smallest absolute Gasteiger partial charge is 0.319 e.